The van der Waals surface area contributed by atoms with Crippen LogP contribution in [0.3, 0.4) is 0 Å². The van der Waals surface area contributed by atoms with Gasteiger partial charge in [-0.05, 0) is 62.0 Å². The molecule has 27 heavy (non-hydrogen) atoms. The molecule has 0 radical (unpaired) electrons. The van der Waals surface area contributed by atoms with Gasteiger partial charge in [0, 0.05) is 13.1 Å². The number of phenols is 1. The second-order valence-corrected chi connectivity index (χ2v) is 7.11. The number of rotatable bonds is 7. The molecule has 2 N–H and O–H groups in total. The maximum absolute atomic E-state index is 13.3. The first kappa shape index (κ1) is 19.4. The Morgan fingerprint density at radius 3 is 2.37 bits per heavy atom. The third-order valence-electron chi connectivity index (χ3n) is 5.12. The van der Waals surface area contributed by atoms with E-state index >= 15 is 0 Å². The third kappa shape index (κ3) is 5.54. The van der Waals surface area contributed by atoms with Gasteiger partial charge >= 0.3 is 0 Å². The Kier molecular flexibility index (Phi) is 6.82. The molecule has 1 amide bonds. The summed E-state index contributed by atoms with van der Waals surface area (Å²) in [4.78, 5) is 14.6. The van der Waals surface area contributed by atoms with Crippen molar-refractivity contribution in [3.63, 3.8) is 0 Å². The van der Waals surface area contributed by atoms with Gasteiger partial charge in [0.25, 0.3) is 5.91 Å². The molecule has 0 atom stereocenters. The van der Waals surface area contributed by atoms with Gasteiger partial charge in [-0.1, -0.05) is 36.8 Å². The van der Waals surface area contributed by atoms with Crippen LogP contribution in [-0.4, -0.2) is 42.1 Å². The summed E-state index contributed by atoms with van der Waals surface area (Å²) in [5.41, 5.74) is 2.43. The molecule has 1 heterocycles. The van der Waals surface area contributed by atoms with Crippen molar-refractivity contribution in [3.05, 3.63) is 65.0 Å². The van der Waals surface area contributed by atoms with Crippen molar-refractivity contribution in [1.82, 2.24) is 10.2 Å². The van der Waals surface area contributed by atoms with Gasteiger partial charge in [-0.3, -0.25) is 4.79 Å². The van der Waals surface area contributed by atoms with Crippen LogP contribution in [0.5, 0.6) is 5.75 Å². The summed E-state index contributed by atoms with van der Waals surface area (Å²) < 4.78 is 13.3. The van der Waals surface area contributed by atoms with E-state index in [-0.39, 0.29) is 5.56 Å². The van der Waals surface area contributed by atoms with Gasteiger partial charge in [0.05, 0.1) is 5.56 Å². The van der Waals surface area contributed by atoms with Crippen LogP contribution in [0.25, 0.3) is 0 Å². The number of carbonyl (C=O) groups is 1. The summed E-state index contributed by atoms with van der Waals surface area (Å²) in [6.45, 7) is 3.99. The Morgan fingerprint density at radius 1 is 1.00 bits per heavy atom. The molecule has 1 aliphatic heterocycles. The van der Waals surface area contributed by atoms with Crippen LogP contribution in [0.2, 0.25) is 0 Å². The van der Waals surface area contributed by atoms with Crippen molar-refractivity contribution in [1.29, 1.82) is 0 Å². The fourth-order valence-electron chi connectivity index (χ4n) is 3.46. The lowest BCUT2D eigenvalue weighted by Crippen LogP contribution is -2.31. The first-order valence-electron chi connectivity index (χ1n) is 9.69. The summed E-state index contributed by atoms with van der Waals surface area (Å²) in [5, 5.41) is 12.3. The van der Waals surface area contributed by atoms with Gasteiger partial charge in [-0.25, -0.2) is 4.39 Å². The minimum atomic E-state index is -0.789. The number of hydrogen-bond acceptors (Lipinski definition) is 3. The maximum Gasteiger partial charge on any atom is 0.255 e. The molecule has 0 unspecified atom stereocenters. The Bertz CT molecular complexity index is 755. The molecule has 3 rings (SSSR count). The fraction of sp³-hybridized carbons (Fsp3) is 0.409. The van der Waals surface area contributed by atoms with Crippen LogP contribution < -0.4 is 5.32 Å². The normalized spacial score (nSPS) is 14.9. The van der Waals surface area contributed by atoms with E-state index in [0.29, 0.717) is 13.0 Å². The lowest BCUT2D eigenvalue weighted by atomic mass is 10.1. The van der Waals surface area contributed by atoms with E-state index in [2.05, 4.69) is 34.5 Å². The van der Waals surface area contributed by atoms with E-state index < -0.39 is 17.5 Å². The van der Waals surface area contributed by atoms with Gasteiger partial charge in [-0.15, -0.1) is 0 Å². The molecule has 0 spiro atoms. The molecule has 1 aliphatic rings. The number of aromatic hydroxyl groups is 1. The molecule has 0 aromatic heterocycles. The topological polar surface area (TPSA) is 52.6 Å². The summed E-state index contributed by atoms with van der Waals surface area (Å²) in [7, 11) is 0. The van der Waals surface area contributed by atoms with Gasteiger partial charge in [-0.2, -0.15) is 0 Å². The lowest BCUT2D eigenvalue weighted by Gasteiger charge is -2.26. The molecule has 0 saturated carbocycles. The van der Waals surface area contributed by atoms with Crippen molar-refractivity contribution >= 4 is 5.91 Å². The number of piperidine rings is 1. The molecule has 0 bridgehead atoms. The first-order valence-corrected chi connectivity index (χ1v) is 9.69. The molecule has 144 valence electrons. The van der Waals surface area contributed by atoms with E-state index in [1.165, 1.54) is 50.0 Å². The summed E-state index contributed by atoms with van der Waals surface area (Å²) in [6, 6.07) is 12.4. The van der Waals surface area contributed by atoms with Crippen molar-refractivity contribution in [2.75, 3.05) is 26.2 Å². The van der Waals surface area contributed by atoms with Crippen molar-refractivity contribution in [3.8, 4) is 5.75 Å². The number of hydrogen-bond donors (Lipinski definition) is 2. The maximum atomic E-state index is 13.3. The molecule has 0 aliphatic carbocycles. The van der Waals surface area contributed by atoms with Crippen LogP contribution in [0, 0.1) is 5.82 Å². The van der Waals surface area contributed by atoms with Crippen LogP contribution in [0.4, 0.5) is 4.39 Å². The zero-order valence-electron chi connectivity index (χ0n) is 15.6. The van der Waals surface area contributed by atoms with E-state index in [0.717, 1.165) is 24.6 Å². The zero-order chi connectivity index (χ0) is 19.1. The minimum Gasteiger partial charge on any atom is -0.504 e. The SMILES string of the molecule is O=C(NCCc1ccc(CCN2CCCCC2)cc1)c1cccc(F)c1O. The van der Waals surface area contributed by atoms with E-state index in [4.69, 9.17) is 0 Å². The molecule has 1 fully saturated rings. The Hall–Kier alpha value is -2.40. The highest BCUT2D eigenvalue weighted by atomic mass is 19.1. The number of halogens is 1. The Labute approximate surface area is 160 Å². The molecular weight excluding hydrogens is 343 g/mol. The summed E-state index contributed by atoms with van der Waals surface area (Å²) in [6.07, 6.45) is 5.75. The van der Waals surface area contributed by atoms with E-state index in [9.17, 15) is 14.3 Å². The fourth-order valence-corrected chi connectivity index (χ4v) is 3.46. The number of phenolic OH excluding ortho intramolecular Hbond substituents is 1. The molecule has 2 aromatic carbocycles. The number of nitrogens with one attached hydrogen (secondary N) is 1. The first-order chi connectivity index (χ1) is 13.1. The van der Waals surface area contributed by atoms with Crippen molar-refractivity contribution < 1.29 is 14.3 Å². The standard InChI is InChI=1S/C22H27FN2O2/c23-20-6-4-5-19(21(20)26)22(27)24-13-11-17-7-9-18(10-8-17)12-16-25-14-2-1-3-15-25/h4-10,26H,1-3,11-16H2,(H,24,27). The molecular formula is C22H27FN2O2. The molecule has 4 nitrogen and oxygen atoms in total. The monoisotopic (exact) mass is 370 g/mol. The number of nitrogens with zero attached hydrogens (tertiary/aromatic N) is 1. The minimum absolute atomic E-state index is 0.0388. The molecule has 2 aromatic rings. The second kappa shape index (κ2) is 9.51. The highest BCUT2D eigenvalue weighted by Crippen LogP contribution is 2.20. The third-order valence-corrected chi connectivity index (χ3v) is 5.12. The van der Waals surface area contributed by atoms with Gasteiger partial charge in [0.1, 0.15) is 0 Å². The predicted octanol–water partition coefficient (Wildman–Crippen LogP) is 3.53. The quantitative estimate of drug-likeness (QED) is 0.784. The number of benzene rings is 2. The Balaban J connectivity index is 1.43. The van der Waals surface area contributed by atoms with Crippen molar-refractivity contribution in [2.24, 2.45) is 0 Å². The van der Waals surface area contributed by atoms with Gasteiger partial charge in [0.2, 0.25) is 0 Å². The van der Waals surface area contributed by atoms with Gasteiger partial charge < -0.3 is 15.3 Å². The number of amides is 1. The average molecular weight is 370 g/mol. The van der Waals surface area contributed by atoms with Crippen LogP contribution >= 0.6 is 0 Å². The number of carbonyl (C=O) groups excluding carboxylic acids is 1. The van der Waals surface area contributed by atoms with E-state index in [1.54, 1.807) is 0 Å². The number of para-hydroxylation sites is 1. The average Bonchev–Trinajstić information content (AvgIpc) is 2.70. The summed E-state index contributed by atoms with van der Waals surface area (Å²) in [5.74, 6) is -1.86. The van der Waals surface area contributed by atoms with Gasteiger partial charge in [0.15, 0.2) is 11.6 Å². The Morgan fingerprint density at radius 2 is 1.67 bits per heavy atom. The van der Waals surface area contributed by atoms with Crippen LogP contribution in [0.15, 0.2) is 42.5 Å². The van der Waals surface area contributed by atoms with Crippen LogP contribution in [0.1, 0.15) is 40.7 Å². The lowest BCUT2D eigenvalue weighted by molar-refractivity contribution is 0.0950. The molecule has 5 heteroatoms. The van der Waals surface area contributed by atoms with Crippen LogP contribution in [-0.2, 0) is 12.8 Å². The largest absolute Gasteiger partial charge is 0.504 e. The van der Waals surface area contributed by atoms with E-state index in [1.807, 2.05) is 0 Å². The predicted molar refractivity (Wildman–Crippen MR) is 105 cm³/mol. The second-order valence-electron chi connectivity index (χ2n) is 7.11. The smallest absolute Gasteiger partial charge is 0.255 e. The number of likely N-dealkylation sites (tertiary alicyclic amines) is 1. The molecule has 1 saturated heterocycles. The highest BCUT2D eigenvalue weighted by Gasteiger charge is 2.13. The highest BCUT2D eigenvalue weighted by molar-refractivity contribution is 5.96. The zero-order valence-corrected chi connectivity index (χ0v) is 15.6. The summed E-state index contributed by atoms with van der Waals surface area (Å²) >= 11 is 0. The van der Waals surface area contributed by atoms with Crippen molar-refractivity contribution in [2.45, 2.75) is 32.1 Å².